The molecule has 1 aliphatic heterocycles. The molecule has 0 bridgehead atoms. The number of thioether (sulfide) groups is 1. The maximum atomic E-state index is 12.7. The number of halogens is 3. The van der Waals surface area contributed by atoms with E-state index in [0.717, 1.165) is 18.3 Å². The molecule has 25 heavy (non-hydrogen) atoms. The molecule has 0 unspecified atom stereocenters. The maximum Gasteiger partial charge on any atom is 0.416 e. The predicted octanol–water partition coefficient (Wildman–Crippen LogP) is 3.76. The summed E-state index contributed by atoms with van der Waals surface area (Å²) in [6, 6.07) is 1.82. The number of nitrogens with zero attached hydrogens (tertiary/aromatic N) is 2. The fourth-order valence-corrected chi connectivity index (χ4v) is 4.43. The smallest absolute Gasteiger partial charge is 0.416 e. The summed E-state index contributed by atoms with van der Waals surface area (Å²) < 4.78 is 43.7. The number of hydrogen-bond acceptors (Lipinski definition) is 4. The summed E-state index contributed by atoms with van der Waals surface area (Å²) in [5, 5.41) is 0.591. The van der Waals surface area contributed by atoms with Crippen molar-refractivity contribution in [3.63, 3.8) is 0 Å². The second-order valence-corrected chi connectivity index (χ2v) is 7.75. The molecular weight excluding hydrogens is 353 g/mol. The van der Waals surface area contributed by atoms with Crippen LogP contribution in [0.2, 0.25) is 0 Å². The van der Waals surface area contributed by atoms with Crippen LogP contribution in [0.1, 0.15) is 37.7 Å². The average Bonchev–Trinajstić information content (AvgIpc) is 3.24. The number of hydrogen-bond donors (Lipinski definition) is 0. The number of likely N-dealkylation sites (tertiary alicyclic amines) is 1. The van der Waals surface area contributed by atoms with Crippen molar-refractivity contribution in [3.8, 4) is 5.88 Å². The molecule has 0 aromatic carbocycles. The van der Waals surface area contributed by atoms with Gasteiger partial charge in [0.05, 0.1) is 17.9 Å². The van der Waals surface area contributed by atoms with E-state index in [-0.39, 0.29) is 17.9 Å². The summed E-state index contributed by atoms with van der Waals surface area (Å²) >= 11 is 1.72. The molecule has 0 spiro atoms. The lowest BCUT2D eigenvalue weighted by molar-refractivity contribution is -0.137. The van der Waals surface area contributed by atoms with Crippen LogP contribution in [0.25, 0.3) is 0 Å². The number of carbonyl (C=O) groups excluding carboxylic acids is 1. The highest BCUT2D eigenvalue weighted by Crippen LogP contribution is 2.31. The van der Waals surface area contributed by atoms with Crippen molar-refractivity contribution in [1.29, 1.82) is 0 Å². The number of pyridine rings is 1. The lowest BCUT2D eigenvalue weighted by Gasteiger charge is -2.18. The molecular formula is C17H21F3N2O2S. The minimum absolute atomic E-state index is 0.0468. The molecule has 0 N–H and O–H groups in total. The molecule has 1 amide bonds. The SMILES string of the molecule is O=C(CSC1CCCC1)N1CC[C@@H](Oc2cc(C(F)(F)F)ccn2)C1. The Morgan fingerprint density at radius 1 is 1.32 bits per heavy atom. The first kappa shape index (κ1) is 18.4. The number of carbonyl (C=O) groups is 1. The molecule has 138 valence electrons. The lowest BCUT2D eigenvalue weighted by Crippen LogP contribution is -2.32. The summed E-state index contributed by atoms with van der Waals surface area (Å²) in [7, 11) is 0. The predicted molar refractivity (Wildman–Crippen MR) is 89.6 cm³/mol. The van der Waals surface area contributed by atoms with E-state index in [4.69, 9.17) is 4.74 Å². The molecule has 4 nitrogen and oxygen atoms in total. The Morgan fingerprint density at radius 2 is 2.08 bits per heavy atom. The largest absolute Gasteiger partial charge is 0.472 e. The zero-order valence-electron chi connectivity index (χ0n) is 13.8. The van der Waals surface area contributed by atoms with E-state index in [1.54, 1.807) is 16.7 Å². The van der Waals surface area contributed by atoms with Crippen molar-refractivity contribution in [3.05, 3.63) is 23.9 Å². The Hall–Kier alpha value is -1.44. The van der Waals surface area contributed by atoms with Crippen molar-refractivity contribution in [2.24, 2.45) is 0 Å². The van der Waals surface area contributed by atoms with Crippen molar-refractivity contribution >= 4 is 17.7 Å². The average molecular weight is 374 g/mol. The fourth-order valence-electron chi connectivity index (χ4n) is 3.21. The Morgan fingerprint density at radius 3 is 2.80 bits per heavy atom. The maximum absolute atomic E-state index is 12.7. The van der Waals surface area contributed by atoms with Gasteiger partial charge in [-0.05, 0) is 18.9 Å². The third-order valence-corrected chi connectivity index (χ3v) is 5.95. The first-order valence-corrected chi connectivity index (χ1v) is 9.56. The molecule has 1 aromatic rings. The Bertz CT molecular complexity index is 606. The third-order valence-electron chi connectivity index (χ3n) is 4.59. The van der Waals surface area contributed by atoms with Crippen LogP contribution < -0.4 is 4.74 Å². The van der Waals surface area contributed by atoms with E-state index in [1.807, 2.05) is 0 Å². The summed E-state index contributed by atoms with van der Waals surface area (Å²) in [4.78, 5) is 17.9. The summed E-state index contributed by atoms with van der Waals surface area (Å²) in [5.41, 5.74) is -0.781. The molecule has 2 aliphatic rings. The summed E-state index contributed by atoms with van der Waals surface area (Å²) in [5.74, 6) is 0.508. The van der Waals surface area contributed by atoms with Crippen LogP contribution in [0.15, 0.2) is 18.3 Å². The van der Waals surface area contributed by atoms with Crippen LogP contribution in [0, 0.1) is 0 Å². The van der Waals surface area contributed by atoms with E-state index >= 15 is 0 Å². The molecule has 2 fully saturated rings. The molecule has 1 aromatic heterocycles. The van der Waals surface area contributed by atoms with Gasteiger partial charge in [-0.1, -0.05) is 12.8 Å². The molecule has 1 saturated heterocycles. The second-order valence-electron chi connectivity index (χ2n) is 6.47. The van der Waals surface area contributed by atoms with Gasteiger partial charge in [0.1, 0.15) is 6.10 Å². The van der Waals surface area contributed by atoms with Gasteiger partial charge in [-0.2, -0.15) is 13.2 Å². The van der Waals surface area contributed by atoms with Gasteiger partial charge >= 0.3 is 6.18 Å². The van der Waals surface area contributed by atoms with Gasteiger partial charge in [0.25, 0.3) is 0 Å². The zero-order valence-corrected chi connectivity index (χ0v) is 14.6. The van der Waals surface area contributed by atoms with E-state index in [0.29, 0.717) is 30.5 Å². The van der Waals surface area contributed by atoms with Gasteiger partial charge in [-0.3, -0.25) is 4.79 Å². The van der Waals surface area contributed by atoms with Gasteiger partial charge in [0.2, 0.25) is 11.8 Å². The number of rotatable bonds is 5. The number of amides is 1. The van der Waals surface area contributed by atoms with Crippen LogP contribution >= 0.6 is 11.8 Å². The number of aromatic nitrogens is 1. The Kier molecular flexibility index (Phi) is 5.76. The van der Waals surface area contributed by atoms with Crippen LogP contribution in [-0.4, -0.2) is 46.0 Å². The normalized spacial score (nSPS) is 21.7. The van der Waals surface area contributed by atoms with Crippen LogP contribution in [0.4, 0.5) is 13.2 Å². The molecule has 2 heterocycles. The topological polar surface area (TPSA) is 42.4 Å². The number of ether oxygens (including phenoxy) is 1. The van der Waals surface area contributed by atoms with Crippen molar-refractivity contribution in [2.45, 2.75) is 49.6 Å². The molecule has 3 rings (SSSR count). The van der Waals surface area contributed by atoms with Crippen molar-refractivity contribution < 1.29 is 22.7 Å². The molecule has 1 atom stereocenters. The zero-order chi connectivity index (χ0) is 17.9. The van der Waals surface area contributed by atoms with Crippen LogP contribution in [0.3, 0.4) is 0 Å². The quantitative estimate of drug-likeness (QED) is 0.787. The first-order valence-electron chi connectivity index (χ1n) is 8.51. The fraction of sp³-hybridized carbons (Fsp3) is 0.647. The highest BCUT2D eigenvalue weighted by molar-refractivity contribution is 8.00. The van der Waals surface area contributed by atoms with Crippen LogP contribution in [-0.2, 0) is 11.0 Å². The highest BCUT2D eigenvalue weighted by atomic mass is 32.2. The van der Waals surface area contributed by atoms with E-state index in [9.17, 15) is 18.0 Å². The number of alkyl halides is 3. The van der Waals surface area contributed by atoms with E-state index in [2.05, 4.69) is 4.98 Å². The standard InChI is InChI=1S/C17H21F3N2O2S/c18-17(19,20)12-5-7-21-15(9-12)24-13-6-8-22(10-13)16(23)11-25-14-3-1-2-4-14/h5,7,9,13-14H,1-4,6,8,10-11H2/t13-/m1/s1. The second kappa shape index (κ2) is 7.85. The van der Waals surface area contributed by atoms with Gasteiger partial charge in [-0.15, -0.1) is 11.8 Å². The summed E-state index contributed by atoms with van der Waals surface area (Å²) in [6.07, 6.45) is 1.83. The molecule has 0 radical (unpaired) electrons. The minimum Gasteiger partial charge on any atom is -0.472 e. The van der Waals surface area contributed by atoms with Crippen molar-refractivity contribution in [2.75, 3.05) is 18.8 Å². The summed E-state index contributed by atoms with van der Waals surface area (Å²) in [6.45, 7) is 0.982. The first-order chi connectivity index (χ1) is 11.9. The van der Waals surface area contributed by atoms with Gasteiger partial charge in [-0.25, -0.2) is 4.98 Å². The van der Waals surface area contributed by atoms with Gasteiger partial charge in [0.15, 0.2) is 0 Å². The Labute approximate surface area is 149 Å². The monoisotopic (exact) mass is 374 g/mol. The molecule has 8 heteroatoms. The van der Waals surface area contributed by atoms with Crippen molar-refractivity contribution in [1.82, 2.24) is 9.88 Å². The van der Waals surface area contributed by atoms with E-state index < -0.39 is 11.7 Å². The van der Waals surface area contributed by atoms with E-state index in [1.165, 1.54) is 25.7 Å². The molecule has 1 aliphatic carbocycles. The van der Waals surface area contributed by atoms with Gasteiger partial charge in [0, 0.05) is 30.5 Å². The third kappa shape index (κ3) is 5.03. The highest BCUT2D eigenvalue weighted by Gasteiger charge is 2.32. The van der Waals surface area contributed by atoms with Crippen LogP contribution in [0.5, 0.6) is 5.88 Å². The Balaban J connectivity index is 1.48. The molecule has 1 saturated carbocycles. The minimum atomic E-state index is -4.42. The lowest BCUT2D eigenvalue weighted by atomic mass is 10.2. The van der Waals surface area contributed by atoms with Gasteiger partial charge < -0.3 is 9.64 Å².